The minimum atomic E-state index is -0.445. The first-order valence-electron chi connectivity index (χ1n) is 6.41. The van der Waals surface area contributed by atoms with Crippen LogP contribution in [0.5, 0.6) is 0 Å². The minimum absolute atomic E-state index is 0.0338. The van der Waals surface area contributed by atoms with Crippen molar-refractivity contribution in [2.24, 2.45) is 0 Å². The topological polar surface area (TPSA) is 63.4 Å². The largest absolute Gasteiger partial charge is 0.341 e. The summed E-state index contributed by atoms with van der Waals surface area (Å²) >= 11 is 0. The lowest BCUT2D eigenvalue weighted by atomic mass is 10.1. The van der Waals surface area contributed by atoms with Crippen molar-refractivity contribution in [1.82, 2.24) is 0 Å². The van der Waals surface area contributed by atoms with Crippen molar-refractivity contribution in [2.75, 3.05) is 11.9 Å². The van der Waals surface area contributed by atoms with Crippen LogP contribution in [0.15, 0.2) is 54.2 Å². The molecule has 0 saturated heterocycles. The number of non-ortho nitro benzene ring substituents is 1. The van der Waals surface area contributed by atoms with E-state index in [2.05, 4.69) is 0 Å². The van der Waals surface area contributed by atoms with E-state index in [1.807, 2.05) is 30.1 Å². The van der Waals surface area contributed by atoms with Crippen LogP contribution in [0.1, 0.15) is 15.9 Å². The first-order chi connectivity index (χ1) is 10.1. The first kappa shape index (κ1) is 13.1. The van der Waals surface area contributed by atoms with Crippen molar-refractivity contribution in [1.29, 1.82) is 0 Å². The molecule has 104 valence electrons. The number of benzene rings is 2. The molecule has 0 radical (unpaired) electrons. The molecule has 2 aromatic carbocycles. The van der Waals surface area contributed by atoms with Crippen LogP contribution in [0.3, 0.4) is 0 Å². The smallest absolute Gasteiger partial charge is 0.269 e. The number of carbonyl (C=O) groups is 1. The Morgan fingerprint density at radius 3 is 2.38 bits per heavy atom. The SMILES string of the molecule is CN1/C(=C/c2ccc([N+](=O)[O-])cc2)C(=O)c2ccccc21. The Bertz CT molecular complexity index is 763. The quantitative estimate of drug-likeness (QED) is 0.481. The summed E-state index contributed by atoms with van der Waals surface area (Å²) in [5.74, 6) is -0.0357. The van der Waals surface area contributed by atoms with Gasteiger partial charge in [0, 0.05) is 24.7 Å². The van der Waals surface area contributed by atoms with E-state index in [0.29, 0.717) is 11.3 Å². The second kappa shape index (κ2) is 4.86. The summed E-state index contributed by atoms with van der Waals surface area (Å²) in [6, 6.07) is 13.5. The molecule has 2 aromatic rings. The van der Waals surface area contributed by atoms with E-state index in [-0.39, 0.29) is 11.5 Å². The van der Waals surface area contributed by atoms with E-state index >= 15 is 0 Å². The van der Waals surface area contributed by atoms with Gasteiger partial charge in [-0.05, 0) is 35.9 Å². The predicted octanol–water partition coefficient (Wildman–Crippen LogP) is 3.27. The van der Waals surface area contributed by atoms with Gasteiger partial charge >= 0.3 is 0 Å². The Kier molecular flexibility index (Phi) is 3.02. The highest BCUT2D eigenvalue weighted by Crippen LogP contribution is 2.33. The zero-order chi connectivity index (χ0) is 15.0. The molecule has 0 aromatic heterocycles. The van der Waals surface area contributed by atoms with Crippen molar-refractivity contribution in [2.45, 2.75) is 0 Å². The summed E-state index contributed by atoms with van der Waals surface area (Å²) in [6.45, 7) is 0. The molecule has 3 rings (SSSR count). The van der Waals surface area contributed by atoms with Crippen LogP contribution >= 0.6 is 0 Å². The normalized spacial score (nSPS) is 15.4. The molecule has 1 aliphatic heterocycles. The van der Waals surface area contributed by atoms with Gasteiger partial charge in [-0.3, -0.25) is 14.9 Å². The number of anilines is 1. The zero-order valence-electron chi connectivity index (χ0n) is 11.3. The summed E-state index contributed by atoms with van der Waals surface area (Å²) < 4.78 is 0. The number of ketones is 1. The standard InChI is InChI=1S/C16H12N2O3/c1-17-14-5-3-2-4-13(14)16(19)15(17)10-11-6-8-12(9-7-11)18(20)21/h2-10H,1H3/b15-10+. The van der Waals surface area contributed by atoms with Gasteiger partial charge in [0.1, 0.15) is 0 Å². The molecule has 5 heteroatoms. The summed E-state index contributed by atoms with van der Waals surface area (Å²) in [6.07, 6.45) is 1.74. The fourth-order valence-electron chi connectivity index (χ4n) is 2.39. The van der Waals surface area contributed by atoms with Crippen molar-refractivity contribution in [3.63, 3.8) is 0 Å². The summed E-state index contributed by atoms with van der Waals surface area (Å²) in [7, 11) is 1.83. The number of nitro groups is 1. The lowest BCUT2D eigenvalue weighted by Crippen LogP contribution is -2.13. The number of para-hydroxylation sites is 1. The highest BCUT2D eigenvalue weighted by atomic mass is 16.6. The van der Waals surface area contributed by atoms with Crippen molar-refractivity contribution < 1.29 is 9.72 Å². The molecule has 1 heterocycles. The Morgan fingerprint density at radius 1 is 1.10 bits per heavy atom. The Morgan fingerprint density at radius 2 is 1.76 bits per heavy atom. The van der Waals surface area contributed by atoms with Crippen LogP contribution in [0, 0.1) is 10.1 Å². The molecule has 0 aliphatic carbocycles. The lowest BCUT2D eigenvalue weighted by Gasteiger charge is -2.13. The van der Waals surface area contributed by atoms with E-state index in [1.165, 1.54) is 12.1 Å². The number of hydrogen-bond donors (Lipinski definition) is 0. The van der Waals surface area contributed by atoms with Gasteiger partial charge in [-0.15, -0.1) is 0 Å². The molecule has 1 aliphatic rings. The molecule has 0 unspecified atom stereocenters. The molecule has 21 heavy (non-hydrogen) atoms. The van der Waals surface area contributed by atoms with E-state index < -0.39 is 4.92 Å². The predicted molar refractivity (Wildman–Crippen MR) is 80.2 cm³/mol. The number of rotatable bonds is 2. The van der Waals surface area contributed by atoms with E-state index in [1.54, 1.807) is 24.3 Å². The van der Waals surface area contributed by atoms with Crippen LogP contribution in [-0.4, -0.2) is 17.8 Å². The number of Topliss-reactive ketones (excluding diaryl/α,β-unsaturated/α-hetero) is 1. The molecule has 0 spiro atoms. The first-order valence-corrected chi connectivity index (χ1v) is 6.41. The van der Waals surface area contributed by atoms with Crippen molar-refractivity contribution in [3.05, 3.63) is 75.5 Å². The number of nitrogens with zero attached hydrogens (tertiary/aromatic N) is 2. The van der Waals surface area contributed by atoms with Crippen molar-refractivity contribution >= 4 is 23.2 Å². The molecule has 0 bridgehead atoms. The van der Waals surface area contributed by atoms with Crippen molar-refractivity contribution in [3.8, 4) is 0 Å². The Hall–Kier alpha value is -2.95. The fraction of sp³-hybridized carbons (Fsp3) is 0.0625. The van der Waals surface area contributed by atoms with Gasteiger partial charge < -0.3 is 4.90 Å². The summed E-state index contributed by atoms with van der Waals surface area (Å²) in [5.41, 5.74) is 2.89. The number of nitro benzene ring substituents is 1. The molecule has 0 N–H and O–H groups in total. The molecule has 0 saturated carbocycles. The molecular formula is C16H12N2O3. The minimum Gasteiger partial charge on any atom is -0.341 e. The molecular weight excluding hydrogens is 268 g/mol. The van der Waals surface area contributed by atoms with E-state index in [9.17, 15) is 14.9 Å². The third-order valence-electron chi connectivity index (χ3n) is 3.51. The Labute approximate surface area is 121 Å². The number of hydrogen-bond acceptors (Lipinski definition) is 4. The van der Waals surface area contributed by atoms with Gasteiger partial charge in [0.2, 0.25) is 5.78 Å². The van der Waals surface area contributed by atoms with Gasteiger partial charge in [-0.1, -0.05) is 12.1 Å². The summed E-state index contributed by atoms with van der Waals surface area (Å²) in [4.78, 5) is 24.4. The molecule has 0 amide bonds. The van der Waals surface area contributed by atoms with Gasteiger partial charge in [-0.25, -0.2) is 0 Å². The van der Waals surface area contributed by atoms with Gasteiger partial charge in [0.25, 0.3) is 5.69 Å². The molecule has 5 nitrogen and oxygen atoms in total. The highest BCUT2D eigenvalue weighted by Gasteiger charge is 2.28. The molecule has 0 fully saturated rings. The average Bonchev–Trinajstić information content (AvgIpc) is 2.73. The van der Waals surface area contributed by atoms with Crippen LogP contribution in [0.25, 0.3) is 6.08 Å². The summed E-state index contributed by atoms with van der Waals surface area (Å²) in [5, 5.41) is 10.6. The average molecular weight is 280 g/mol. The monoisotopic (exact) mass is 280 g/mol. The number of carbonyl (C=O) groups excluding carboxylic acids is 1. The highest BCUT2D eigenvalue weighted by molar-refractivity contribution is 6.21. The fourth-order valence-corrected chi connectivity index (χ4v) is 2.39. The third kappa shape index (κ3) is 2.18. The lowest BCUT2D eigenvalue weighted by molar-refractivity contribution is -0.384. The van der Waals surface area contributed by atoms with Crippen LogP contribution in [-0.2, 0) is 0 Å². The van der Waals surface area contributed by atoms with Gasteiger partial charge in [-0.2, -0.15) is 0 Å². The maximum absolute atomic E-state index is 12.4. The number of fused-ring (bicyclic) bond motifs is 1. The second-order valence-corrected chi connectivity index (χ2v) is 4.78. The van der Waals surface area contributed by atoms with Crippen LogP contribution in [0.4, 0.5) is 11.4 Å². The molecule has 0 atom stereocenters. The van der Waals surface area contributed by atoms with Gasteiger partial charge in [0.05, 0.1) is 16.3 Å². The van der Waals surface area contributed by atoms with Gasteiger partial charge in [0.15, 0.2) is 0 Å². The maximum atomic E-state index is 12.4. The van der Waals surface area contributed by atoms with E-state index in [0.717, 1.165) is 11.3 Å². The van der Waals surface area contributed by atoms with E-state index in [4.69, 9.17) is 0 Å². The number of allylic oxidation sites excluding steroid dienone is 1. The Balaban J connectivity index is 1.98. The van der Waals surface area contributed by atoms with Crippen LogP contribution in [0.2, 0.25) is 0 Å². The second-order valence-electron chi connectivity index (χ2n) is 4.78. The third-order valence-corrected chi connectivity index (χ3v) is 3.51. The maximum Gasteiger partial charge on any atom is 0.269 e. The zero-order valence-corrected chi connectivity index (χ0v) is 11.3. The van der Waals surface area contributed by atoms with Crippen LogP contribution < -0.4 is 4.90 Å². The number of likely N-dealkylation sites (N-methyl/N-ethyl adjacent to an activating group) is 1.